The molecule has 1 heteroatoms. The summed E-state index contributed by atoms with van der Waals surface area (Å²) < 4.78 is 0. The second-order valence-electron chi connectivity index (χ2n) is 9.26. The van der Waals surface area contributed by atoms with Gasteiger partial charge in [0.05, 0.1) is 0 Å². The van der Waals surface area contributed by atoms with E-state index < -0.39 is 0 Å². The van der Waals surface area contributed by atoms with Crippen LogP contribution in [0.15, 0.2) is 132 Å². The quantitative estimate of drug-likeness (QED) is 0.180. The van der Waals surface area contributed by atoms with Gasteiger partial charge in [-0.1, -0.05) is 115 Å². The Morgan fingerprint density at radius 2 is 0.833 bits per heavy atom. The number of fused-ring (bicyclic) bond motifs is 4. The van der Waals surface area contributed by atoms with Crippen molar-refractivity contribution in [2.75, 3.05) is 6.26 Å². The summed E-state index contributed by atoms with van der Waals surface area (Å²) in [5, 5.41) is 10.3. The fourth-order valence-corrected chi connectivity index (χ4v) is 6.19. The Balaban J connectivity index is 1.72. The molecule has 0 nitrogen and oxygen atoms in total. The van der Waals surface area contributed by atoms with Crippen LogP contribution in [0, 0.1) is 0 Å². The first-order chi connectivity index (χ1) is 17.8. The first-order valence-corrected chi connectivity index (χ1v) is 13.5. The van der Waals surface area contributed by atoms with E-state index in [-0.39, 0.29) is 0 Å². The molecule has 7 rings (SSSR count). The van der Waals surface area contributed by atoms with E-state index in [1.807, 2.05) is 0 Å². The van der Waals surface area contributed by atoms with Crippen LogP contribution in [0.2, 0.25) is 0 Å². The van der Waals surface area contributed by atoms with Crippen LogP contribution in [0.1, 0.15) is 0 Å². The maximum absolute atomic E-state index is 2.39. The summed E-state index contributed by atoms with van der Waals surface area (Å²) in [7, 11) is 0. The molecule has 36 heavy (non-hydrogen) atoms. The van der Waals surface area contributed by atoms with Crippen LogP contribution < -0.4 is 0 Å². The van der Waals surface area contributed by atoms with Gasteiger partial charge in [0.2, 0.25) is 0 Å². The molecule has 0 fully saturated rings. The Morgan fingerprint density at radius 3 is 1.39 bits per heavy atom. The summed E-state index contributed by atoms with van der Waals surface area (Å²) in [4.78, 5) is 1.28. The van der Waals surface area contributed by atoms with Gasteiger partial charge in [0.15, 0.2) is 0 Å². The fourth-order valence-electron chi connectivity index (χ4n) is 5.75. The third-order valence-corrected chi connectivity index (χ3v) is 8.07. The molecular formula is C35H24S. The molecule has 0 spiro atoms. The molecule has 0 aromatic heterocycles. The lowest BCUT2D eigenvalue weighted by Crippen LogP contribution is -1.92. The predicted molar refractivity (Wildman–Crippen MR) is 159 cm³/mol. The molecule has 0 bridgehead atoms. The lowest BCUT2D eigenvalue weighted by atomic mass is 9.84. The predicted octanol–water partition coefficient (Wildman–Crippen LogP) is 10.4. The van der Waals surface area contributed by atoms with Crippen molar-refractivity contribution in [1.29, 1.82) is 0 Å². The standard InChI is InChI=1S/C35H24S/c1-36-25-20-21-32-33(22-25)35(29-19-9-13-24-11-3-5-15-27(24)29)31-17-7-6-16-30(31)34(32)28-18-8-12-23-10-2-4-14-26(23)28/h2-22H,1H3. The Morgan fingerprint density at radius 1 is 0.389 bits per heavy atom. The van der Waals surface area contributed by atoms with Crippen LogP contribution in [0.3, 0.4) is 0 Å². The van der Waals surface area contributed by atoms with E-state index in [0.29, 0.717) is 0 Å². The number of hydrogen-bond donors (Lipinski definition) is 0. The zero-order valence-corrected chi connectivity index (χ0v) is 20.8. The van der Waals surface area contributed by atoms with E-state index in [1.165, 1.54) is 70.2 Å². The van der Waals surface area contributed by atoms with Crippen LogP contribution in [0.4, 0.5) is 0 Å². The van der Waals surface area contributed by atoms with Gasteiger partial charge in [-0.3, -0.25) is 0 Å². The Kier molecular flexibility index (Phi) is 5.04. The molecule has 0 aliphatic carbocycles. The summed E-state index contributed by atoms with van der Waals surface area (Å²) in [6.45, 7) is 0. The lowest BCUT2D eigenvalue weighted by Gasteiger charge is -2.20. The maximum Gasteiger partial charge on any atom is 0.00757 e. The molecule has 0 heterocycles. The zero-order valence-electron chi connectivity index (χ0n) is 20.0. The van der Waals surface area contributed by atoms with Gasteiger partial charge in [-0.15, -0.1) is 11.8 Å². The minimum Gasteiger partial charge on any atom is -0.130 e. The highest BCUT2D eigenvalue weighted by Crippen LogP contribution is 2.47. The van der Waals surface area contributed by atoms with Crippen LogP contribution >= 0.6 is 11.8 Å². The first-order valence-electron chi connectivity index (χ1n) is 12.3. The van der Waals surface area contributed by atoms with Crippen LogP contribution in [0.25, 0.3) is 65.3 Å². The largest absolute Gasteiger partial charge is 0.130 e. The van der Waals surface area contributed by atoms with E-state index in [9.17, 15) is 0 Å². The van der Waals surface area contributed by atoms with Gasteiger partial charge in [0.25, 0.3) is 0 Å². The van der Waals surface area contributed by atoms with Gasteiger partial charge < -0.3 is 0 Å². The molecule has 0 saturated carbocycles. The molecule has 0 saturated heterocycles. The number of hydrogen-bond acceptors (Lipinski definition) is 1. The second kappa shape index (κ2) is 8.55. The van der Waals surface area contributed by atoms with Crippen molar-refractivity contribution in [2.24, 2.45) is 0 Å². The monoisotopic (exact) mass is 476 g/mol. The topological polar surface area (TPSA) is 0 Å². The van der Waals surface area contributed by atoms with Crippen molar-refractivity contribution in [3.63, 3.8) is 0 Å². The molecule has 0 aliphatic rings. The van der Waals surface area contributed by atoms with E-state index in [0.717, 1.165) is 0 Å². The minimum absolute atomic E-state index is 1.27. The molecule has 7 aromatic carbocycles. The minimum atomic E-state index is 1.27. The summed E-state index contributed by atoms with van der Waals surface area (Å²) in [6.07, 6.45) is 2.16. The fraction of sp³-hybridized carbons (Fsp3) is 0.0286. The summed E-state index contributed by atoms with van der Waals surface area (Å²) in [5.74, 6) is 0. The number of thioether (sulfide) groups is 1. The van der Waals surface area contributed by atoms with Crippen molar-refractivity contribution >= 4 is 54.9 Å². The summed E-state index contributed by atoms with van der Waals surface area (Å²) >= 11 is 1.80. The average Bonchev–Trinajstić information content (AvgIpc) is 2.95. The maximum atomic E-state index is 2.39. The molecule has 0 atom stereocenters. The summed E-state index contributed by atoms with van der Waals surface area (Å²) in [5.41, 5.74) is 5.21. The average molecular weight is 477 g/mol. The van der Waals surface area contributed by atoms with Gasteiger partial charge in [-0.25, -0.2) is 0 Å². The highest BCUT2D eigenvalue weighted by Gasteiger charge is 2.19. The molecule has 0 aliphatic heterocycles. The number of rotatable bonds is 3. The van der Waals surface area contributed by atoms with Crippen molar-refractivity contribution in [3.05, 3.63) is 127 Å². The van der Waals surface area contributed by atoms with Gasteiger partial charge in [-0.2, -0.15) is 0 Å². The first kappa shape index (κ1) is 21.2. The molecular weight excluding hydrogens is 452 g/mol. The van der Waals surface area contributed by atoms with Crippen molar-refractivity contribution in [2.45, 2.75) is 4.90 Å². The molecule has 0 radical (unpaired) electrons. The molecule has 7 aromatic rings. The van der Waals surface area contributed by atoms with Gasteiger partial charge in [0, 0.05) is 4.90 Å². The van der Waals surface area contributed by atoms with Crippen molar-refractivity contribution in [3.8, 4) is 22.3 Å². The van der Waals surface area contributed by atoms with Crippen LogP contribution in [-0.4, -0.2) is 6.26 Å². The molecule has 0 N–H and O–H groups in total. The zero-order chi connectivity index (χ0) is 24.1. The number of benzene rings is 7. The normalized spacial score (nSPS) is 11.6. The van der Waals surface area contributed by atoms with E-state index >= 15 is 0 Å². The van der Waals surface area contributed by atoms with Crippen molar-refractivity contribution in [1.82, 2.24) is 0 Å². The molecule has 0 amide bonds. The highest BCUT2D eigenvalue weighted by atomic mass is 32.2. The van der Waals surface area contributed by atoms with Crippen LogP contribution in [-0.2, 0) is 0 Å². The third-order valence-electron chi connectivity index (χ3n) is 7.35. The molecule has 170 valence electrons. The van der Waals surface area contributed by atoms with Gasteiger partial charge in [0.1, 0.15) is 0 Å². The van der Waals surface area contributed by atoms with Gasteiger partial charge in [-0.05, 0) is 83.7 Å². The van der Waals surface area contributed by atoms with Crippen LogP contribution in [0.5, 0.6) is 0 Å². The van der Waals surface area contributed by atoms with Crippen molar-refractivity contribution < 1.29 is 0 Å². The second-order valence-corrected chi connectivity index (χ2v) is 10.1. The van der Waals surface area contributed by atoms with Gasteiger partial charge >= 0.3 is 0 Å². The Bertz CT molecular complexity index is 1920. The summed E-state index contributed by atoms with van der Waals surface area (Å²) in [6, 6.07) is 46.7. The van der Waals surface area contributed by atoms with E-state index in [2.05, 4.69) is 134 Å². The molecule has 0 unspecified atom stereocenters. The lowest BCUT2D eigenvalue weighted by molar-refractivity contribution is 1.52. The third kappa shape index (κ3) is 3.24. The smallest absolute Gasteiger partial charge is 0.00757 e. The Labute approximate surface area is 215 Å². The SMILES string of the molecule is CSc1ccc2c(-c3cccc4ccccc34)c3ccccc3c(-c3cccc4ccccc34)c2c1. The highest BCUT2D eigenvalue weighted by molar-refractivity contribution is 7.98. The van der Waals surface area contributed by atoms with E-state index in [4.69, 9.17) is 0 Å². The van der Waals surface area contributed by atoms with E-state index in [1.54, 1.807) is 11.8 Å². The Hall–Kier alpha value is -4.07.